The van der Waals surface area contributed by atoms with Crippen LogP contribution in [-0.2, 0) is 14.4 Å². The van der Waals surface area contributed by atoms with Gasteiger partial charge >= 0.3 is 0 Å². The van der Waals surface area contributed by atoms with E-state index in [0.29, 0.717) is 21.5 Å². The van der Waals surface area contributed by atoms with E-state index >= 15 is 0 Å². The number of benzene rings is 2. The van der Waals surface area contributed by atoms with Crippen LogP contribution in [0.5, 0.6) is 5.75 Å². The first-order valence-corrected chi connectivity index (χ1v) is 10.5. The number of carbonyl (C=O) groups is 3. The maximum Gasteiger partial charge on any atom is 0.265 e. The number of aryl methyl sites for hydroxylation is 1. The van der Waals surface area contributed by atoms with Crippen molar-refractivity contribution in [2.24, 2.45) is 0 Å². The molecule has 1 saturated heterocycles. The second kappa shape index (κ2) is 9.40. The highest BCUT2D eigenvalue weighted by atomic mass is 79.9. The maximum atomic E-state index is 12.4. The van der Waals surface area contributed by atoms with E-state index in [4.69, 9.17) is 17.0 Å². The van der Waals surface area contributed by atoms with Gasteiger partial charge in [-0.15, -0.1) is 0 Å². The van der Waals surface area contributed by atoms with Crippen LogP contribution in [0.3, 0.4) is 0 Å². The second-order valence-corrected chi connectivity index (χ2v) is 8.18. The highest BCUT2D eigenvalue weighted by molar-refractivity contribution is 9.10. The van der Waals surface area contributed by atoms with Crippen molar-refractivity contribution in [3.8, 4) is 5.75 Å². The number of rotatable bonds is 5. The van der Waals surface area contributed by atoms with Gasteiger partial charge in [0.05, 0.1) is 4.47 Å². The third-order valence-corrected chi connectivity index (χ3v) is 5.77. The minimum absolute atomic E-state index is 0.0108. The number of amides is 3. The minimum Gasteiger partial charge on any atom is -0.483 e. The highest BCUT2D eigenvalue weighted by Gasteiger charge is 2.35. The molecule has 0 radical (unpaired) electrons. The lowest BCUT2D eigenvalue weighted by atomic mass is 10.1. The topological polar surface area (TPSA) is 79.0 Å². The average Bonchev–Trinajstić information content (AvgIpc) is 2.75. The third-order valence-electron chi connectivity index (χ3n) is 4.60. The van der Waals surface area contributed by atoms with Crippen LogP contribution in [0.25, 0.3) is 6.08 Å². The number of anilines is 1. The highest BCUT2D eigenvalue weighted by Crippen LogP contribution is 2.28. The van der Waals surface area contributed by atoms with Crippen molar-refractivity contribution in [3.05, 3.63) is 63.6 Å². The Labute approximate surface area is 193 Å². The van der Waals surface area contributed by atoms with Gasteiger partial charge in [0.1, 0.15) is 11.3 Å². The van der Waals surface area contributed by atoms with Gasteiger partial charge in [0.15, 0.2) is 11.7 Å². The quantitative estimate of drug-likeness (QED) is 0.386. The number of ether oxygens (including phenoxy) is 1. The SMILES string of the molecule is Cc1ccc(NC(=O)COc2ccc(C=C3C(=O)N(C)C(=S)N(C)C3=O)cc2Br)cc1. The predicted molar refractivity (Wildman–Crippen MR) is 126 cm³/mol. The number of nitrogens with zero attached hydrogens (tertiary/aromatic N) is 2. The second-order valence-electron chi connectivity index (χ2n) is 6.96. The third kappa shape index (κ3) is 5.18. The van der Waals surface area contributed by atoms with Gasteiger partial charge in [0.2, 0.25) is 0 Å². The Bertz CT molecular complexity index is 1070. The Hall–Kier alpha value is -3.04. The van der Waals surface area contributed by atoms with E-state index in [1.165, 1.54) is 30.0 Å². The van der Waals surface area contributed by atoms with Crippen molar-refractivity contribution in [1.29, 1.82) is 0 Å². The predicted octanol–water partition coefficient (Wildman–Crippen LogP) is 3.37. The molecule has 0 aromatic heterocycles. The van der Waals surface area contributed by atoms with Crippen LogP contribution in [0, 0.1) is 6.92 Å². The lowest BCUT2D eigenvalue weighted by molar-refractivity contribution is -0.132. The van der Waals surface area contributed by atoms with Crippen LogP contribution in [-0.4, -0.2) is 53.3 Å². The lowest BCUT2D eigenvalue weighted by Crippen LogP contribution is -2.52. The molecule has 1 aliphatic rings. The molecule has 2 aromatic rings. The zero-order valence-electron chi connectivity index (χ0n) is 17.1. The number of thiocarbonyl (C=S) groups is 1. The molecule has 160 valence electrons. The van der Waals surface area contributed by atoms with Gasteiger partial charge in [-0.2, -0.15) is 0 Å². The Morgan fingerprint density at radius 1 is 1.10 bits per heavy atom. The Balaban J connectivity index is 1.68. The van der Waals surface area contributed by atoms with Gasteiger partial charge in [-0.3, -0.25) is 24.2 Å². The van der Waals surface area contributed by atoms with Crippen LogP contribution in [0.1, 0.15) is 11.1 Å². The Kier molecular flexibility index (Phi) is 6.87. The molecule has 31 heavy (non-hydrogen) atoms. The lowest BCUT2D eigenvalue weighted by Gasteiger charge is -2.31. The normalized spacial score (nSPS) is 14.1. The summed E-state index contributed by atoms with van der Waals surface area (Å²) in [6.45, 7) is 1.80. The van der Waals surface area contributed by atoms with Crippen molar-refractivity contribution in [2.45, 2.75) is 6.92 Å². The molecule has 7 nitrogen and oxygen atoms in total. The van der Waals surface area contributed by atoms with Gasteiger partial charge < -0.3 is 10.1 Å². The monoisotopic (exact) mass is 501 g/mol. The molecule has 3 rings (SSSR count). The van der Waals surface area contributed by atoms with E-state index in [9.17, 15) is 14.4 Å². The summed E-state index contributed by atoms with van der Waals surface area (Å²) in [7, 11) is 3.05. The summed E-state index contributed by atoms with van der Waals surface area (Å²) in [4.78, 5) is 39.5. The van der Waals surface area contributed by atoms with Gasteiger partial charge in [-0.05, 0) is 71.0 Å². The molecular weight excluding hydrogens is 482 g/mol. The Morgan fingerprint density at radius 3 is 2.29 bits per heavy atom. The largest absolute Gasteiger partial charge is 0.483 e. The molecule has 9 heteroatoms. The molecule has 1 fully saturated rings. The number of hydrogen-bond acceptors (Lipinski definition) is 5. The van der Waals surface area contributed by atoms with Gasteiger partial charge in [0.25, 0.3) is 17.7 Å². The number of likely N-dealkylation sites (N-methyl/N-ethyl adjacent to an activating group) is 2. The van der Waals surface area contributed by atoms with Crippen molar-refractivity contribution in [3.63, 3.8) is 0 Å². The fourth-order valence-electron chi connectivity index (χ4n) is 2.84. The summed E-state index contributed by atoms with van der Waals surface area (Å²) < 4.78 is 6.16. The average molecular weight is 502 g/mol. The first kappa shape index (κ1) is 22.6. The van der Waals surface area contributed by atoms with E-state index in [0.717, 1.165) is 5.56 Å². The molecule has 2 aromatic carbocycles. The van der Waals surface area contributed by atoms with Crippen molar-refractivity contribution >= 4 is 62.7 Å². The molecule has 0 unspecified atom stereocenters. The molecule has 0 saturated carbocycles. The summed E-state index contributed by atoms with van der Waals surface area (Å²) >= 11 is 8.49. The first-order valence-electron chi connectivity index (χ1n) is 9.28. The molecule has 1 aliphatic heterocycles. The molecule has 3 amide bonds. The zero-order valence-corrected chi connectivity index (χ0v) is 19.5. The van der Waals surface area contributed by atoms with Crippen LogP contribution in [0.2, 0.25) is 0 Å². The minimum atomic E-state index is -0.461. The summed E-state index contributed by atoms with van der Waals surface area (Å²) in [6, 6.07) is 12.5. The van der Waals surface area contributed by atoms with Gasteiger partial charge in [0, 0.05) is 19.8 Å². The van der Waals surface area contributed by atoms with Crippen molar-refractivity contribution in [1.82, 2.24) is 9.80 Å². The van der Waals surface area contributed by atoms with E-state index in [-0.39, 0.29) is 23.2 Å². The number of carbonyl (C=O) groups excluding carboxylic acids is 3. The number of nitrogens with one attached hydrogen (secondary N) is 1. The van der Waals surface area contributed by atoms with E-state index in [1.54, 1.807) is 18.2 Å². The fourth-order valence-corrected chi connectivity index (χ4v) is 3.52. The number of hydrogen-bond donors (Lipinski definition) is 1. The number of halogens is 1. The Morgan fingerprint density at radius 2 is 1.71 bits per heavy atom. The molecule has 0 bridgehead atoms. The smallest absolute Gasteiger partial charge is 0.265 e. The summed E-state index contributed by atoms with van der Waals surface area (Å²) in [5, 5.41) is 2.92. The molecule has 1 N–H and O–H groups in total. The van der Waals surface area contributed by atoms with Crippen molar-refractivity contribution < 1.29 is 19.1 Å². The van der Waals surface area contributed by atoms with E-state index in [2.05, 4.69) is 21.2 Å². The van der Waals surface area contributed by atoms with Gasteiger partial charge in [-0.25, -0.2) is 0 Å². The zero-order chi connectivity index (χ0) is 22.7. The fraction of sp³-hybridized carbons (Fsp3) is 0.182. The van der Waals surface area contributed by atoms with Crippen LogP contribution in [0.4, 0.5) is 5.69 Å². The van der Waals surface area contributed by atoms with E-state index in [1.807, 2.05) is 31.2 Å². The molecule has 0 spiro atoms. The maximum absolute atomic E-state index is 12.4. The molecule has 0 aliphatic carbocycles. The van der Waals surface area contributed by atoms with Crippen molar-refractivity contribution in [2.75, 3.05) is 26.0 Å². The molecular formula is C22H20BrN3O4S. The van der Waals surface area contributed by atoms with E-state index < -0.39 is 11.8 Å². The summed E-state index contributed by atoms with van der Waals surface area (Å²) in [5.41, 5.74) is 2.42. The van der Waals surface area contributed by atoms with Gasteiger partial charge in [-0.1, -0.05) is 23.8 Å². The summed E-state index contributed by atoms with van der Waals surface area (Å²) in [5.74, 6) is -0.755. The van der Waals surface area contributed by atoms with Crippen LogP contribution in [0.15, 0.2) is 52.5 Å². The standard InChI is InChI=1S/C22H20BrN3O4S/c1-13-4-7-15(8-5-13)24-19(27)12-30-18-9-6-14(11-17(18)23)10-16-20(28)25(2)22(31)26(3)21(16)29/h4-11H,12H2,1-3H3,(H,24,27). The summed E-state index contributed by atoms with van der Waals surface area (Å²) in [6.07, 6.45) is 1.50. The first-order chi connectivity index (χ1) is 14.7. The van der Waals surface area contributed by atoms with Crippen LogP contribution >= 0.6 is 28.1 Å². The molecule has 0 atom stereocenters. The molecule has 1 heterocycles. The van der Waals surface area contributed by atoms with Crippen LogP contribution < -0.4 is 10.1 Å².